The number of nitrogens with two attached hydrogens (primary N) is 1. The van der Waals surface area contributed by atoms with E-state index in [-0.39, 0.29) is 23.7 Å². The number of rotatable bonds is 5. The van der Waals surface area contributed by atoms with Crippen molar-refractivity contribution in [3.63, 3.8) is 0 Å². The van der Waals surface area contributed by atoms with E-state index >= 15 is 0 Å². The maximum absolute atomic E-state index is 11.6. The summed E-state index contributed by atoms with van der Waals surface area (Å²) in [6.07, 6.45) is 0. The van der Waals surface area contributed by atoms with Gasteiger partial charge in [-0.3, -0.25) is 9.59 Å². The first-order valence-corrected chi connectivity index (χ1v) is 5.10. The van der Waals surface area contributed by atoms with Gasteiger partial charge in [0.25, 0.3) is 0 Å². The van der Waals surface area contributed by atoms with E-state index in [0.29, 0.717) is 13.1 Å². The van der Waals surface area contributed by atoms with Crippen LogP contribution in [0.15, 0.2) is 0 Å². The van der Waals surface area contributed by atoms with Crippen LogP contribution in [-0.4, -0.2) is 43.9 Å². The monoisotopic (exact) mass is 215 g/mol. The maximum atomic E-state index is 11.6. The molecule has 0 spiro atoms. The molecule has 2 unspecified atom stereocenters. The highest BCUT2D eigenvalue weighted by Crippen LogP contribution is 2.03. The molecule has 0 aromatic carbocycles. The van der Waals surface area contributed by atoms with Crippen LogP contribution in [0, 0.1) is 11.8 Å². The van der Waals surface area contributed by atoms with Gasteiger partial charge in [0, 0.05) is 33.1 Å². The first-order valence-electron chi connectivity index (χ1n) is 5.10. The molecule has 3 N–H and O–H groups in total. The summed E-state index contributed by atoms with van der Waals surface area (Å²) in [6, 6.07) is 0. The quantitative estimate of drug-likeness (QED) is 0.644. The van der Waals surface area contributed by atoms with Crippen LogP contribution in [-0.2, 0) is 9.59 Å². The number of nitrogens with one attached hydrogen (secondary N) is 1. The lowest BCUT2D eigenvalue weighted by atomic mass is 10.1. The molecule has 0 aliphatic rings. The normalized spacial score (nSPS) is 14.2. The Kier molecular flexibility index (Phi) is 5.93. The van der Waals surface area contributed by atoms with Crippen molar-refractivity contribution in [2.24, 2.45) is 17.6 Å². The van der Waals surface area contributed by atoms with Crippen LogP contribution in [0.1, 0.15) is 13.8 Å². The zero-order chi connectivity index (χ0) is 12.0. The Morgan fingerprint density at radius 1 is 1.33 bits per heavy atom. The van der Waals surface area contributed by atoms with Crippen LogP contribution in [0.2, 0.25) is 0 Å². The summed E-state index contributed by atoms with van der Waals surface area (Å²) in [5, 5.41) is 2.55. The molecule has 5 heteroatoms. The predicted octanol–water partition coefficient (Wildman–Crippen LogP) is -0.578. The lowest BCUT2D eigenvalue weighted by molar-refractivity contribution is -0.135. The third kappa shape index (κ3) is 4.29. The van der Waals surface area contributed by atoms with Crippen LogP contribution in [0.25, 0.3) is 0 Å². The minimum absolute atomic E-state index is 0.0201. The SMILES string of the molecule is CNC(=O)C(C)CN(C)C(=O)C(C)CN. The second-order valence-electron chi connectivity index (χ2n) is 3.87. The molecule has 0 saturated heterocycles. The Bertz CT molecular complexity index is 231. The van der Waals surface area contributed by atoms with Crippen molar-refractivity contribution in [3.05, 3.63) is 0 Å². The molecule has 0 heterocycles. The van der Waals surface area contributed by atoms with Gasteiger partial charge >= 0.3 is 0 Å². The van der Waals surface area contributed by atoms with Crippen LogP contribution >= 0.6 is 0 Å². The van der Waals surface area contributed by atoms with E-state index in [1.165, 1.54) is 0 Å². The zero-order valence-electron chi connectivity index (χ0n) is 9.91. The summed E-state index contributed by atoms with van der Waals surface area (Å²) in [7, 11) is 3.27. The molecule has 0 fully saturated rings. The molecular weight excluding hydrogens is 194 g/mol. The van der Waals surface area contributed by atoms with Gasteiger partial charge in [0.05, 0.1) is 5.92 Å². The van der Waals surface area contributed by atoms with Gasteiger partial charge in [0.15, 0.2) is 0 Å². The Labute approximate surface area is 91.0 Å². The minimum atomic E-state index is -0.200. The molecule has 0 aliphatic heterocycles. The van der Waals surface area contributed by atoms with Crippen molar-refractivity contribution >= 4 is 11.8 Å². The summed E-state index contributed by atoms with van der Waals surface area (Å²) < 4.78 is 0. The smallest absolute Gasteiger partial charge is 0.226 e. The highest BCUT2D eigenvalue weighted by molar-refractivity contribution is 5.81. The van der Waals surface area contributed by atoms with Gasteiger partial charge in [-0.1, -0.05) is 13.8 Å². The van der Waals surface area contributed by atoms with Crippen LogP contribution in [0.3, 0.4) is 0 Å². The average Bonchev–Trinajstić information content (AvgIpc) is 2.25. The summed E-state index contributed by atoms with van der Waals surface area (Å²) in [5.74, 6) is -0.468. The molecule has 0 bridgehead atoms. The largest absolute Gasteiger partial charge is 0.359 e. The summed E-state index contributed by atoms with van der Waals surface area (Å²) >= 11 is 0. The molecule has 0 aromatic rings. The maximum Gasteiger partial charge on any atom is 0.226 e. The van der Waals surface area contributed by atoms with Crippen molar-refractivity contribution in [1.29, 1.82) is 0 Å². The van der Waals surface area contributed by atoms with Gasteiger partial charge < -0.3 is 16.0 Å². The van der Waals surface area contributed by atoms with Crippen molar-refractivity contribution < 1.29 is 9.59 Å². The van der Waals surface area contributed by atoms with E-state index < -0.39 is 0 Å². The Morgan fingerprint density at radius 2 is 1.87 bits per heavy atom. The number of hydrogen-bond acceptors (Lipinski definition) is 3. The Balaban J connectivity index is 4.18. The fourth-order valence-corrected chi connectivity index (χ4v) is 1.31. The van der Waals surface area contributed by atoms with Gasteiger partial charge in [-0.25, -0.2) is 0 Å². The van der Waals surface area contributed by atoms with Gasteiger partial charge in [0.1, 0.15) is 0 Å². The number of carbonyl (C=O) groups is 2. The molecule has 0 saturated carbocycles. The highest BCUT2D eigenvalue weighted by Gasteiger charge is 2.20. The first-order chi connectivity index (χ1) is 6.93. The van der Waals surface area contributed by atoms with Crippen LogP contribution < -0.4 is 11.1 Å². The van der Waals surface area contributed by atoms with E-state index in [0.717, 1.165) is 0 Å². The molecule has 5 nitrogen and oxygen atoms in total. The third-order valence-corrected chi connectivity index (χ3v) is 2.39. The highest BCUT2D eigenvalue weighted by atomic mass is 16.2. The van der Waals surface area contributed by atoms with Gasteiger partial charge in [0.2, 0.25) is 11.8 Å². The van der Waals surface area contributed by atoms with E-state index in [9.17, 15) is 9.59 Å². The summed E-state index contributed by atoms with van der Waals surface area (Å²) in [4.78, 5) is 24.4. The molecule has 0 rings (SSSR count). The van der Waals surface area contributed by atoms with Crippen molar-refractivity contribution in [1.82, 2.24) is 10.2 Å². The molecule has 0 aromatic heterocycles. The fourth-order valence-electron chi connectivity index (χ4n) is 1.31. The average molecular weight is 215 g/mol. The van der Waals surface area contributed by atoms with Crippen LogP contribution in [0.4, 0.5) is 0 Å². The second-order valence-corrected chi connectivity index (χ2v) is 3.87. The Morgan fingerprint density at radius 3 is 2.27 bits per heavy atom. The number of carbonyl (C=O) groups excluding carboxylic acids is 2. The topological polar surface area (TPSA) is 75.4 Å². The van der Waals surface area contributed by atoms with Gasteiger partial charge in [-0.2, -0.15) is 0 Å². The summed E-state index contributed by atoms with van der Waals surface area (Å²) in [5.41, 5.74) is 5.40. The van der Waals surface area contributed by atoms with Crippen molar-refractivity contribution in [3.8, 4) is 0 Å². The predicted molar refractivity (Wildman–Crippen MR) is 59.1 cm³/mol. The molecule has 88 valence electrons. The third-order valence-electron chi connectivity index (χ3n) is 2.39. The van der Waals surface area contributed by atoms with E-state index in [2.05, 4.69) is 5.32 Å². The summed E-state index contributed by atoms with van der Waals surface area (Å²) in [6.45, 7) is 4.32. The second kappa shape index (κ2) is 6.40. The number of nitrogens with zero attached hydrogens (tertiary/aromatic N) is 1. The first kappa shape index (κ1) is 13.9. The van der Waals surface area contributed by atoms with Gasteiger partial charge in [-0.15, -0.1) is 0 Å². The lowest BCUT2D eigenvalue weighted by Gasteiger charge is -2.23. The molecule has 2 amide bonds. The minimum Gasteiger partial charge on any atom is -0.359 e. The standard InChI is InChI=1S/C10H21N3O2/c1-7(5-11)10(15)13(4)6-8(2)9(14)12-3/h7-8H,5-6,11H2,1-4H3,(H,12,14). The van der Waals surface area contributed by atoms with Gasteiger partial charge in [-0.05, 0) is 0 Å². The Hall–Kier alpha value is -1.10. The number of amides is 2. The van der Waals surface area contributed by atoms with E-state index in [4.69, 9.17) is 5.73 Å². The van der Waals surface area contributed by atoms with Crippen molar-refractivity contribution in [2.75, 3.05) is 27.2 Å². The van der Waals surface area contributed by atoms with E-state index in [1.54, 1.807) is 32.8 Å². The lowest BCUT2D eigenvalue weighted by Crippen LogP contribution is -2.40. The molecule has 15 heavy (non-hydrogen) atoms. The zero-order valence-corrected chi connectivity index (χ0v) is 9.91. The number of hydrogen-bond donors (Lipinski definition) is 2. The molecule has 0 aliphatic carbocycles. The fraction of sp³-hybridized carbons (Fsp3) is 0.800. The van der Waals surface area contributed by atoms with Crippen molar-refractivity contribution in [2.45, 2.75) is 13.8 Å². The molecule has 2 atom stereocenters. The molecule has 0 radical (unpaired) electrons. The van der Waals surface area contributed by atoms with Crippen LogP contribution in [0.5, 0.6) is 0 Å². The van der Waals surface area contributed by atoms with E-state index in [1.807, 2.05) is 0 Å². The molecular formula is C10H21N3O2.